The van der Waals surface area contributed by atoms with Crippen LogP contribution in [0.15, 0.2) is 24.3 Å². The second kappa shape index (κ2) is 9.64. The van der Waals surface area contributed by atoms with Crippen molar-refractivity contribution < 1.29 is 9.53 Å². The maximum atomic E-state index is 12.3. The van der Waals surface area contributed by atoms with Crippen molar-refractivity contribution in [2.24, 2.45) is 5.73 Å². The standard InChI is InChI=1S/C16H26N2O2.ClH/c1-5-18(16(19)10-9-12(2)17)13(3)14-7-6-8-15(11-14)20-4;/h6-8,11-13H,5,9-10,17H2,1-4H3;1H. The molecule has 4 nitrogen and oxygen atoms in total. The number of carbonyl (C=O) groups excluding carboxylic acids is 1. The van der Waals surface area contributed by atoms with Crippen molar-refractivity contribution in [3.05, 3.63) is 29.8 Å². The molecule has 1 amide bonds. The highest BCUT2D eigenvalue weighted by molar-refractivity contribution is 5.85. The number of carbonyl (C=O) groups is 1. The molecule has 1 rings (SSSR count). The number of benzene rings is 1. The Morgan fingerprint density at radius 3 is 2.57 bits per heavy atom. The maximum absolute atomic E-state index is 12.3. The van der Waals surface area contributed by atoms with E-state index in [1.165, 1.54) is 0 Å². The number of amides is 1. The van der Waals surface area contributed by atoms with E-state index in [1.807, 2.05) is 49.9 Å². The molecule has 5 heteroatoms. The molecule has 120 valence electrons. The summed E-state index contributed by atoms with van der Waals surface area (Å²) >= 11 is 0. The average Bonchev–Trinajstić information content (AvgIpc) is 2.45. The van der Waals surface area contributed by atoms with Crippen molar-refractivity contribution in [3.8, 4) is 5.75 Å². The molecular formula is C16H27ClN2O2. The van der Waals surface area contributed by atoms with Gasteiger partial charge in [0.1, 0.15) is 5.75 Å². The van der Waals surface area contributed by atoms with Crippen LogP contribution in [0.1, 0.15) is 45.2 Å². The molecule has 0 radical (unpaired) electrons. The predicted molar refractivity (Wildman–Crippen MR) is 88.9 cm³/mol. The highest BCUT2D eigenvalue weighted by Crippen LogP contribution is 2.24. The number of methoxy groups -OCH3 is 1. The zero-order chi connectivity index (χ0) is 15.1. The van der Waals surface area contributed by atoms with E-state index in [1.54, 1.807) is 7.11 Å². The third-order valence-electron chi connectivity index (χ3n) is 3.52. The number of nitrogens with zero attached hydrogens (tertiary/aromatic N) is 1. The number of hydrogen-bond acceptors (Lipinski definition) is 3. The first-order chi connectivity index (χ1) is 9.49. The lowest BCUT2D eigenvalue weighted by Gasteiger charge is -2.29. The lowest BCUT2D eigenvalue weighted by Crippen LogP contribution is -2.34. The molecular weight excluding hydrogens is 288 g/mol. The molecule has 0 saturated heterocycles. The molecule has 0 bridgehead atoms. The summed E-state index contributed by atoms with van der Waals surface area (Å²) < 4.78 is 5.24. The second-order valence-electron chi connectivity index (χ2n) is 5.15. The smallest absolute Gasteiger partial charge is 0.223 e. The van der Waals surface area contributed by atoms with Gasteiger partial charge in [0.05, 0.1) is 13.2 Å². The van der Waals surface area contributed by atoms with Crippen molar-refractivity contribution >= 4 is 18.3 Å². The van der Waals surface area contributed by atoms with Gasteiger partial charge in [-0.15, -0.1) is 12.4 Å². The molecule has 2 atom stereocenters. The van der Waals surface area contributed by atoms with Gasteiger partial charge in [-0.1, -0.05) is 12.1 Å². The molecule has 0 aliphatic rings. The van der Waals surface area contributed by atoms with Gasteiger partial charge in [-0.05, 0) is 44.9 Å². The first kappa shape index (κ1) is 19.7. The van der Waals surface area contributed by atoms with Gasteiger partial charge in [0.2, 0.25) is 5.91 Å². The second-order valence-corrected chi connectivity index (χ2v) is 5.15. The van der Waals surface area contributed by atoms with Crippen LogP contribution in [0, 0.1) is 0 Å². The normalized spacial score (nSPS) is 13.0. The number of ether oxygens (including phenoxy) is 1. The quantitative estimate of drug-likeness (QED) is 0.841. The fourth-order valence-corrected chi connectivity index (χ4v) is 2.24. The van der Waals surface area contributed by atoms with E-state index in [2.05, 4.69) is 0 Å². The summed E-state index contributed by atoms with van der Waals surface area (Å²) in [5, 5.41) is 0. The van der Waals surface area contributed by atoms with Gasteiger partial charge in [0, 0.05) is 19.0 Å². The van der Waals surface area contributed by atoms with Crippen molar-refractivity contribution in [2.75, 3.05) is 13.7 Å². The number of hydrogen-bond donors (Lipinski definition) is 1. The van der Waals surface area contributed by atoms with Gasteiger partial charge in [-0.3, -0.25) is 4.79 Å². The van der Waals surface area contributed by atoms with E-state index in [0.717, 1.165) is 17.7 Å². The molecule has 21 heavy (non-hydrogen) atoms. The van der Waals surface area contributed by atoms with Crippen LogP contribution in [-0.4, -0.2) is 30.5 Å². The van der Waals surface area contributed by atoms with E-state index < -0.39 is 0 Å². The molecule has 1 aromatic carbocycles. The third-order valence-corrected chi connectivity index (χ3v) is 3.52. The van der Waals surface area contributed by atoms with Crippen LogP contribution in [0.4, 0.5) is 0 Å². The van der Waals surface area contributed by atoms with Gasteiger partial charge in [0.15, 0.2) is 0 Å². The Morgan fingerprint density at radius 2 is 2.05 bits per heavy atom. The zero-order valence-electron chi connectivity index (χ0n) is 13.3. The lowest BCUT2D eigenvalue weighted by atomic mass is 10.1. The van der Waals surface area contributed by atoms with Gasteiger partial charge >= 0.3 is 0 Å². The van der Waals surface area contributed by atoms with E-state index in [0.29, 0.717) is 13.0 Å². The topological polar surface area (TPSA) is 55.6 Å². The van der Waals surface area contributed by atoms with E-state index in [-0.39, 0.29) is 30.4 Å². The molecule has 0 saturated carbocycles. The van der Waals surface area contributed by atoms with Crippen LogP contribution in [-0.2, 0) is 4.79 Å². The Hall–Kier alpha value is -1.26. The fourth-order valence-electron chi connectivity index (χ4n) is 2.24. The summed E-state index contributed by atoms with van der Waals surface area (Å²) in [6.45, 7) is 6.66. The minimum absolute atomic E-state index is 0. The summed E-state index contributed by atoms with van der Waals surface area (Å²) in [6.07, 6.45) is 1.22. The monoisotopic (exact) mass is 314 g/mol. The Morgan fingerprint density at radius 1 is 1.38 bits per heavy atom. The van der Waals surface area contributed by atoms with E-state index in [9.17, 15) is 4.79 Å². The summed E-state index contributed by atoms with van der Waals surface area (Å²) in [7, 11) is 1.65. The summed E-state index contributed by atoms with van der Waals surface area (Å²) in [4.78, 5) is 14.2. The van der Waals surface area contributed by atoms with Crippen LogP contribution >= 0.6 is 12.4 Å². The highest BCUT2D eigenvalue weighted by atomic mass is 35.5. The van der Waals surface area contributed by atoms with Crippen LogP contribution < -0.4 is 10.5 Å². The molecule has 0 aliphatic heterocycles. The molecule has 2 N–H and O–H groups in total. The largest absolute Gasteiger partial charge is 0.497 e. The zero-order valence-corrected chi connectivity index (χ0v) is 14.2. The van der Waals surface area contributed by atoms with Crippen molar-refractivity contribution in [3.63, 3.8) is 0 Å². The number of halogens is 1. The fraction of sp³-hybridized carbons (Fsp3) is 0.562. The Labute approximate surface area is 134 Å². The first-order valence-electron chi connectivity index (χ1n) is 7.18. The predicted octanol–water partition coefficient (Wildman–Crippen LogP) is 3.15. The van der Waals surface area contributed by atoms with Gasteiger partial charge < -0.3 is 15.4 Å². The molecule has 0 heterocycles. The Balaban J connectivity index is 0.00000400. The summed E-state index contributed by atoms with van der Waals surface area (Å²) in [5.74, 6) is 0.966. The molecule has 0 fully saturated rings. The van der Waals surface area contributed by atoms with Crippen molar-refractivity contribution in [1.82, 2.24) is 4.90 Å². The molecule has 0 aromatic heterocycles. The minimum Gasteiger partial charge on any atom is -0.497 e. The molecule has 2 unspecified atom stereocenters. The van der Waals surface area contributed by atoms with Crippen LogP contribution in [0.2, 0.25) is 0 Å². The van der Waals surface area contributed by atoms with E-state index >= 15 is 0 Å². The Kier molecular flexibility index (Phi) is 9.06. The van der Waals surface area contributed by atoms with E-state index in [4.69, 9.17) is 10.5 Å². The minimum atomic E-state index is 0. The maximum Gasteiger partial charge on any atom is 0.223 e. The van der Waals surface area contributed by atoms with Crippen molar-refractivity contribution in [2.45, 2.75) is 45.7 Å². The van der Waals surface area contributed by atoms with Gasteiger partial charge in [-0.25, -0.2) is 0 Å². The summed E-state index contributed by atoms with van der Waals surface area (Å²) in [5.41, 5.74) is 6.80. The Bertz CT molecular complexity index is 438. The SMILES string of the molecule is CCN(C(=O)CCC(C)N)C(C)c1cccc(OC)c1.Cl. The summed E-state index contributed by atoms with van der Waals surface area (Å²) in [6, 6.07) is 7.96. The van der Waals surface area contributed by atoms with Crippen molar-refractivity contribution in [1.29, 1.82) is 0 Å². The van der Waals surface area contributed by atoms with Crippen LogP contribution in [0.5, 0.6) is 5.75 Å². The first-order valence-corrected chi connectivity index (χ1v) is 7.18. The van der Waals surface area contributed by atoms with Gasteiger partial charge in [0.25, 0.3) is 0 Å². The average molecular weight is 315 g/mol. The lowest BCUT2D eigenvalue weighted by molar-refractivity contribution is -0.133. The highest BCUT2D eigenvalue weighted by Gasteiger charge is 2.20. The van der Waals surface area contributed by atoms with Gasteiger partial charge in [-0.2, -0.15) is 0 Å². The van der Waals surface area contributed by atoms with Crippen LogP contribution in [0.25, 0.3) is 0 Å². The molecule has 0 aliphatic carbocycles. The molecule has 0 spiro atoms. The molecule has 1 aromatic rings. The number of nitrogens with two attached hydrogens (primary N) is 1. The van der Waals surface area contributed by atoms with Crippen LogP contribution in [0.3, 0.4) is 0 Å². The number of rotatable bonds is 7. The third kappa shape index (κ3) is 5.94.